The van der Waals surface area contributed by atoms with Crippen LogP contribution in [0.15, 0.2) is 49.1 Å². The molecule has 2 fully saturated rings. The van der Waals surface area contributed by atoms with Crippen molar-refractivity contribution in [2.75, 3.05) is 38.1 Å². The van der Waals surface area contributed by atoms with Crippen LogP contribution >= 0.6 is 0 Å². The van der Waals surface area contributed by atoms with E-state index in [1.807, 2.05) is 36.9 Å². The number of anilines is 1. The minimum absolute atomic E-state index is 0.205. The van der Waals surface area contributed by atoms with Crippen molar-refractivity contribution >= 4 is 23.5 Å². The molecular weight excluding hydrogens is 522 g/mol. The first-order chi connectivity index (χ1) is 20.0. The largest absolute Gasteiger partial charge is 0.450 e. The molecule has 2 aliphatic heterocycles. The summed E-state index contributed by atoms with van der Waals surface area (Å²) in [7, 11) is 0. The van der Waals surface area contributed by atoms with Crippen LogP contribution in [0.5, 0.6) is 0 Å². The van der Waals surface area contributed by atoms with Crippen molar-refractivity contribution in [2.45, 2.75) is 51.5 Å². The van der Waals surface area contributed by atoms with Crippen LogP contribution in [0.1, 0.15) is 60.1 Å². The van der Waals surface area contributed by atoms with E-state index in [0.717, 1.165) is 63.1 Å². The number of nitrogens with zero attached hydrogens (tertiary/aromatic N) is 8. The van der Waals surface area contributed by atoms with Gasteiger partial charge >= 0.3 is 6.09 Å². The summed E-state index contributed by atoms with van der Waals surface area (Å²) in [6.45, 7) is 7.66. The van der Waals surface area contributed by atoms with E-state index in [9.17, 15) is 9.59 Å². The number of aryl methyl sites for hydroxylation is 1. The highest BCUT2D eigenvalue weighted by Crippen LogP contribution is 2.32. The number of pyridine rings is 1. The van der Waals surface area contributed by atoms with Gasteiger partial charge in [0.2, 0.25) is 0 Å². The van der Waals surface area contributed by atoms with Crippen molar-refractivity contribution in [3.05, 3.63) is 65.9 Å². The van der Waals surface area contributed by atoms with Crippen LogP contribution in [0.25, 0.3) is 11.5 Å². The number of carbonyl (C=O) groups excluding carboxylic acids is 2. The third kappa shape index (κ3) is 5.64. The molecule has 1 N–H and O–H groups in total. The second kappa shape index (κ2) is 11.7. The lowest BCUT2D eigenvalue weighted by molar-refractivity contribution is 0.0661. The van der Waals surface area contributed by atoms with Crippen molar-refractivity contribution in [3.63, 3.8) is 0 Å². The summed E-state index contributed by atoms with van der Waals surface area (Å²) in [5.74, 6) is 1.17. The number of likely N-dealkylation sites (tertiary alicyclic amines) is 2. The van der Waals surface area contributed by atoms with Crippen LogP contribution in [0.3, 0.4) is 0 Å². The maximum absolute atomic E-state index is 13.3. The lowest BCUT2D eigenvalue weighted by atomic mass is 9.91. The molecule has 2 saturated heterocycles. The highest BCUT2D eigenvalue weighted by molar-refractivity contribution is 6.07. The zero-order chi connectivity index (χ0) is 28.3. The van der Waals surface area contributed by atoms with E-state index in [2.05, 4.69) is 25.3 Å². The quantitative estimate of drug-likeness (QED) is 0.381. The van der Waals surface area contributed by atoms with Gasteiger partial charge in [0.25, 0.3) is 5.91 Å². The lowest BCUT2D eigenvalue weighted by Gasteiger charge is -2.41. The number of fused-ring (bicyclic) bond motifs is 1. The van der Waals surface area contributed by atoms with Gasteiger partial charge in [-0.05, 0) is 70.3 Å². The number of nitrogens with one attached hydrogen (secondary N) is 1. The Morgan fingerprint density at radius 1 is 1.05 bits per heavy atom. The predicted octanol–water partition coefficient (Wildman–Crippen LogP) is 3.67. The number of carbonyl (C=O) groups is 2. The molecule has 0 saturated carbocycles. The Labute approximate surface area is 238 Å². The van der Waals surface area contributed by atoms with E-state index >= 15 is 0 Å². The summed E-state index contributed by atoms with van der Waals surface area (Å²) in [4.78, 5) is 38.6. The first-order valence-electron chi connectivity index (χ1n) is 14.3. The zero-order valence-electron chi connectivity index (χ0n) is 23.4. The molecule has 0 atom stereocenters. The smallest absolute Gasteiger partial charge is 0.409 e. The highest BCUT2D eigenvalue weighted by Gasteiger charge is 2.31. The second-order valence-electron chi connectivity index (χ2n) is 10.7. The molecule has 41 heavy (non-hydrogen) atoms. The number of piperidine rings is 2. The Kier molecular flexibility index (Phi) is 7.64. The number of ether oxygens (including phenoxy) is 1. The molecule has 6 rings (SSSR count). The van der Waals surface area contributed by atoms with Gasteiger partial charge in [-0.3, -0.25) is 4.79 Å². The number of hydrogen-bond donors (Lipinski definition) is 1. The van der Waals surface area contributed by atoms with Gasteiger partial charge in [-0.15, -0.1) is 0 Å². The second-order valence-corrected chi connectivity index (χ2v) is 10.7. The van der Waals surface area contributed by atoms with Gasteiger partial charge in [-0.25, -0.2) is 19.3 Å². The predicted molar refractivity (Wildman–Crippen MR) is 152 cm³/mol. The van der Waals surface area contributed by atoms with Gasteiger partial charge in [0.1, 0.15) is 11.4 Å². The van der Waals surface area contributed by atoms with Crippen LogP contribution in [-0.2, 0) is 4.74 Å². The molecule has 214 valence electrons. The molecule has 0 radical (unpaired) electrons. The third-order valence-electron chi connectivity index (χ3n) is 8.06. The molecular formula is C29H35N9O3. The molecule has 12 heteroatoms. The third-order valence-corrected chi connectivity index (χ3v) is 8.06. The Bertz CT molecular complexity index is 1510. The molecule has 4 aromatic heterocycles. The molecule has 6 heterocycles. The number of amides is 2. The van der Waals surface area contributed by atoms with E-state index < -0.39 is 0 Å². The summed E-state index contributed by atoms with van der Waals surface area (Å²) in [6, 6.07) is 8.10. The average molecular weight is 558 g/mol. The Morgan fingerprint density at radius 3 is 2.59 bits per heavy atom. The molecule has 0 unspecified atom stereocenters. The standard InChI is InChI=1S/C29H35N9O3/c1-3-41-29(40)36-15-9-22(10-16-36)35-13-7-21(8-14-35)24-17-26(38(34-24)25-6-5-20(2)18-31-25)33-28(39)23-19-32-37-12-4-11-30-27(23)37/h4-6,11-12,17-19,21-22H,3,7-10,13-16H2,1-2H3,(H,33,39). The van der Waals surface area contributed by atoms with Crippen LogP contribution < -0.4 is 5.32 Å². The zero-order valence-corrected chi connectivity index (χ0v) is 23.4. The minimum Gasteiger partial charge on any atom is -0.450 e. The van der Waals surface area contributed by atoms with Gasteiger partial charge < -0.3 is 19.9 Å². The minimum atomic E-state index is -0.303. The first kappa shape index (κ1) is 26.9. The van der Waals surface area contributed by atoms with Crippen molar-refractivity contribution in [1.29, 1.82) is 0 Å². The Balaban J connectivity index is 1.16. The summed E-state index contributed by atoms with van der Waals surface area (Å²) < 4.78 is 8.45. The fourth-order valence-electron chi connectivity index (χ4n) is 5.81. The summed E-state index contributed by atoms with van der Waals surface area (Å²) in [6.07, 6.45) is 10.4. The Hall–Kier alpha value is -4.32. The topological polar surface area (TPSA) is 123 Å². The average Bonchev–Trinajstić information content (AvgIpc) is 3.63. The highest BCUT2D eigenvalue weighted by atomic mass is 16.6. The van der Waals surface area contributed by atoms with Gasteiger partial charge in [-0.1, -0.05) is 6.07 Å². The maximum Gasteiger partial charge on any atom is 0.409 e. The molecule has 0 aliphatic carbocycles. The fraction of sp³-hybridized carbons (Fsp3) is 0.448. The molecule has 0 spiro atoms. The van der Waals surface area contributed by atoms with Crippen molar-refractivity contribution < 1.29 is 14.3 Å². The normalized spacial score (nSPS) is 17.2. The van der Waals surface area contributed by atoms with Crippen molar-refractivity contribution in [3.8, 4) is 5.82 Å². The van der Waals surface area contributed by atoms with Crippen molar-refractivity contribution in [1.82, 2.24) is 39.2 Å². The van der Waals surface area contributed by atoms with E-state index in [1.165, 1.54) is 6.20 Å². The molecule has 0 bridgehead atoms. The van der Waals surface area contributed by atoms with E-state index in [1.54, 1.807) is 33.9 Å². The van der Waals surface area contributed by atoms with Gasteiger partial charge in [-0.2, -0.15) is 14.9 Å². The summed E-state index contributed by atoms with van der Waals surface area (Å²) in [5, 5.41) is 12.2. The maximum atomic E-state index is 13.3. The summed E-state index contributed by atoms with van der Waals surface area (Å²) in [5.41, 5.74) is 2.87. The van der Waals surface area contributed by atoms with Gasteiger partial charge in [0, 0.05) is 49.7 Å². The Morgan fingerprint density at radius 2 is 1.85 bits per heavy atom. The molecule has 2 amide bonds. The molecule has 12 nitrogen and oxygen atoms in total. The van der Waals surface area contributed by atoms with E-state index in [4.69, 9.17) is 9.84 Å². The van der Waals surface area contributed by atoms with Crippen LogP contribution in [0.4, 0.5) is 10.6 Å². The molecule has 0 aromatic carbocycles. The molecule has 2 aliphatic rings. The van der Waals surface area contributed by atoms with Gasteiger partial charge in [0.15, 0.2) is 11.5 Å². The number of aromatic nitrogens is 6. The fourth-order valence-corrected chi connectivity index (χ4v) is 5.81. The van der Waals surface area contributed by atoms with Crippen LogP contribution in [0.2, 0.25) is 0 Å². The lowest BCUT2D eigenvalue weighted by Crippen LogP contribution is -2.49. The summed E-state index contributed by atoms with van der Waals surface area (Å²) >= 11 is 0. The monoisotopic (exact) mass is 557 g/mol. The van der Waals surface area contributed by atoms with E-state index in [-0.39, 0.29) is 17.9 Å². The molecule has 4 aromatic rings. The van der Waals surface area contributed by atoms with E-state index in [0.29, 0.717) is 35.5 Å². The number of rotatable bonds is 6. The number of hydrogen-bond acceptors (Lipinski definition) is 8. The van der Waals surface area contributed by atoms with Crippen LogP contribution in [-0.4, -0.2) is 90.0 Å². The first-order valence-corrected chi connectivity index (χ1v) is 14.3. The van der Waals surface area contributed by atoms with Gasteiger partial charge in [0.05, 0.1) is 18.5 Å². The van der Waals surface area contributed by atoms with Crippen LogP contribution in [0, 0.1) is 6.92 Å². The van der Waals surface area contributed by atoms with Crippen molar-refractivity contribution in [2.24, 2.45) is 0 Å². The SMILES string of the molecule is CCOC(=O)N1CCC(N2CCC(c3cc(NC(=O)c4cnn5cccnc45)n(-c4ccc(C)cn4)n3)CC2)CC1.